The number of carbonyl (C=O) groups is 1. The highest BCUT2D eigenvalue weighted by Gasteiger charge is 2.32. The lowest BCUT2D eigenvalue weighted by molar-refractivity contribution is 0.124. The van der Waals surface area contributed by atoms with Crippen LogP contribution in [0.1, 0.15) is 48.2 Å². The van der Waals surface area contributed by atoms with Gasteiger partial charge in [-0.2, -0.15) is 0 Å². The van der Waals surface area contributed by atoms with Crippen molar-refractivity contribution >= 4 is 17.4 Å². The second kappa shape index (κ2) is 8.45. The summed E-state index contributed by atoms with van der Waals surface area (Å²) in [6.07, 6.45) is 4.51. The second-order valence-electron chi connectivity index (χ2n) is 6.48. The van der Waals surface area contributed by atoms with Gasteiger partial charge in [0.05, 0.1) is 6.04 Å². The van der Waals surface area contributed by atoms with Crippen LogP contribution in [0.2, 0.25) is 0 Å². The molecule has 1 amide bonds. The Morgan fingerprint density at radius 2 is 2.08 bits per heavy atom. The Balaban J connectivity index is 1.34. The molecule has 2 N–H and O–H groups in total. The van der Waals surface area contributed by atoms with Gasteiger partial charge in [-0.25, -0.2) is 9.78 Å². The van der Waals surface area contributed by atoms with Crippen LogP contribution in [0.3, 0.4) is 0 Å². The van der Waals surface area contributed by atoms with Crippen LogP contribution in [0.15, 0.2) is 36.5 Å². The molecule has 2 aromatic rings. The molecule has 25 heavy (non-hydrogen) atoms. The Kier molecular flexibility index (Phi) is 6.04. The molecule has 134 valence electrons. The zero-order chi connectivity index (χ0) is 17.6. The molecule has 1 aliphatic rings. The molecular formula is C19H25N3O2S. The third-order valence-electron chi connectivity index (χ3n) is 4.45. The van der Waals surface area contributed by atoms with Crippen molar-refractivity contribution in [3.05, 3.63) is 52.0 Å². The summed E-state index contributed by atoms with van der Waals surface area (Å²) in [7, 11) is 0. The van der Waals surface area contributed by atoms with E-state index in [0.717, 1.165) is 29.8 Å². The first-order chi connectivity index (χ1) is 12.1. The number of thiazole rings is 1. The van der Waals surface area contributed by atoms with Gasteiger partial charge >= 0.3 is 6.09 Å². The quantitative estimate of drug-likeness (QED) is 0.789. The first-order valence-electron chi connectivity index (χ1n) is 8.82. The van der Waals surface area contributed by atoms with E-state index in [1.54, 1.807) is 11.3 Å². The molecule has 1 aromatic heterocycles. The van der Waals surface area contributed by atoms with Gasteiger partial charge in [0.15, 0.2) is 0 Å². The molecule has 1 aromatic carbocycles. The third-order valence-corrected chi connectivity index (χ3v) is 5.77. The fourth-order valence-corrected chi connectivity index (χ4v) is 3.78. The standard InChI is InChI=1S/C19H25N3O2S/c1-3-17-11-20-18(25-17)13(2)21-15-9-16(10-15)22-19(23)24-12-14-7-5-4-6-8-14/h4-8,11,13,15-16,21H,3,9-10,12H2,1-2H3,(H,22,23). The Bertz CT molecular complexity index is 683. The average molecular weight is 359 g/mol. The van der Waals surface area contributed by atoms with Crippen LogP contribution in [0.5, 0.6) is 0 Å². The van der Waals surface area contributed by atoms with Gasteiger partial charge in [0.2, 0.25) is 0 Å². The summed E-state index contributed by atoms with van der Waals surface area (Å²) in [4.78, 5) is 17.6. The van der Waals surface area contributed by atoms with E-state index in [0.29, 0.717) is 12.6 Å². The van der Waals surface area contributed by atoms with E-state index in [1.165, 1.54) is 4.88 Å². The number of ether oxygens (including phenoxy) is 1. The largest absolute Gasteiger partial charge is 0.445 e. The van der Waals surface area contributed by atoms with Crippen LogP contribution in [0.25, 0.3) is 0 Å². The van der Waals surface area contributed by atoms with Gasteiger partial charge in [-0.15, -0.1) is 11.3 Å². The van der Waals surface area contributed by atoms with Crippen LogP contribution in [0.4, 0.5) is 4.79 Å². The predicted molar refractivity (Wildman–Crippen MR) is 99.6 cm³/mol. The van der Waals surface area contributed by atoms with Crippen LogP contribution < -0.4 is 10.6 Å². The number of hydrogen-bond donors (Lipinski definition) is 2. The zero-order valence-electron chi connectivity index (χ0n) is 14.7. The number of nitrogens with zero attached hydrogens (tertiary/aromatic N) is 1. The molecule has 0 radical (unpaired) electrons. The normalized spacial score (nSPS) is 20.6. The molecule has 1 heterocycles. The number of benzene rings is 1. The van der Waals surface area contributed by atoms with Crippen molar-refractivity contribution in [2.24, 2.45) is 0 Å². The second-order valence-corrected chi connectivity index (χ2v) is 7.62. The van der Waals surface area contributed by atoms with Crippen molar-refractivity contribution in [2.45, 2.75) is 57.8 Å². The van der Waals surface area contributed by atoms with Crippen molar-refractivity contribution in [3.63, 3.8) is 0 Å². The summed E-state index contributed by atoms with van der Waals surface area (Å²) in [6, 6.07) is 10.6. The summed E-state index contributed by atoms with van der Waals surface area (Å²) < 4.78 is 5.26. The van der Waals surface area contributed by atoms with Crippen molar-refractivity contribution < 1.29 is 9.53 Å². The SMILES string of the molecule is CCc1cnc(C(C)NC2CC(NC(=O)OCc3ccccc3)C2)s1. The van der Waals surface area contributed by atoms with E-state index < -0.39 is 0 Å². The summed E-state index contributed by atoms with van der Waals surface area (Å²) in [6.45, 7) is 4.60. The van der Waals surface area contributed by atoms with Crippen molar-refractivity contribution in [1.29, 1.82) is 0 Å². The Labute approximate surface area is 152 Å². The molecular weight excluding hydrogens is 334 g/mol. The maximum atomic E-state index is 11.8. The molecule has 0 spiro atoms. The summed E-state index contributed by atoms with van der Waals surface area (Å²) in [5.74, 6) is 0. The van der Waals surface area contributed by atoms with Crippen LogP contribution in [-0.2, 0) is 17.8 Å². The summed E-state index contributed by atoms with van der Waals surface area (Å²) in [5.41, 5.74) is 0.995. The van der Waals surface area contributed by atoms with Crippen molar-refractivity contribution in [3.8, 4) is 0 Å². The van der Waals surface area contributed by atoms with E-state index in [4.69, 9.17) is 4.74 Å². The maximum absolute atomic E-state index is 11.8. The fraction of sp³-hybridized carbons (Fsp3) is 0.474. The highest BCUT2D eigenvalue weighted by atomic mass is 32.1. The lowest BCUT2D eigenvalue weighted by Crippen LogP contribution is -2.52. The van der Waals surface area contributed by atoms with Gasteiger partial charge in [0.1, 0.15) is 11.6 Å². The fourth-order valence-electron chi connectivity index (χ4n) is 2.91. The van der Waals surface area contributed by atoms with Gasteiger partial charge in [-0.1, -0.05) is 37.3 Å². The zero-order valence-corrected chi connectivity index (χ0v) is 15.5. The summed E-state index contributed by atoms with van der Waals surface area (Å²) >= 11 is 1.77. The number of nitrogens with one attached hydrogen (secondary N) is 2. The van der Waals surface area contributed by atoms with E-state index in [9.17, 15) is 4.79 Å². The maximum Gasteiger partial charge on any atom is 0.407 e. The monoisotopic (exact) mass is 359 g/mol. The smallest absolute Gasteiger partial charge is 0.407 e. The number of rotatable bonds is 7. The minimum Gasteiger partial charge on any atom is -0.445 e. The number of aryl methyl sites for hydroxylation is 1. The molecule has 1 unspecified atom stereocenters. The first-order valence-corrected chi connectivity index (χ1v) is 9.63. The van der Waals surface area contributed by atoms with E-state index in [-0.39, 0.29) is 18.2 Å². The Morgan fingerprint density at radius 3 is 2.76 bits per heavy atom. The lowest BCUT2D eigenvalue weighted by atomic mass is 9.86. The van der Waals surface area contributed by atoms with Crippen LogP contribution in [-0.4, -0.2) is 23.2 Å². The van der Waals surface area contributed by atoms with Gasteiger partial charge in [-0.3, -0.25) is 0 Å². The minimum absolute atomic E-state index is 0.190. The van der Waals surface area contributed by atoms with Crippen molar-refractivity contribution in [2.75, 3.05) is 0 Å². The molecule has 0 bridgehead atoms. The van der Waals surface area contributed by atoms with Gasteiger partial charge < -0.3 is 15.4 Å². The molecule has 6 heteroatoms. The number of alkyl carbamates (subject to hydrolysis) is 1. The number of amides is 1. The highest BCUT2D eigenvalue weighted by molar-refractivity contribution is 7.11. The van der Waals surface area contributed by atoms with E-state index in [1.807, 2.05) is 36.5 Å². The minimum atomic E-state index is -0.340. The van der Waals surface area contributed by atoms with Crippen LogP contribution in [0, 0.1) is 0 Å². The molecule has 1 fully saturated rings. The first kappa shape index (κ1) is 17.9. The van der Waals surface area contributed by atoms with Crippen molar-refractivity contribution in [1.82, 2.24) is 15.6 Å². The molecule has 3 rings (SSSR count). The van der Waals surface area contributed by atoms with Gasteiger partial charge in [-0.05, 0) is 31.7 Å². The van der Waals surface area contributed by atoms with Crippen LogP contribution >= 0.6 is 11.3 Å². The Morgan fingerprint density at radius 1 is 1.32 bits per heavy atom. The molecule has 1 saturated carbocycles. The lowest BCUT2D eigenvalue weighted by Gasteiger charge is -2.37. The van der Waals surface area contributed by atoms with Gasteiger partial charge in [0.25, 0.3) is 0 Å². The number of carbonyl (C=O) groups excluding carboxylic acids is 1. The van der Waals surface area contributed by atoms with Gasteiger partial charge in [0, 0.05) is 23.2 Å². The molecule has 5 nitrogen and oxygen atoms in total. The molecule has 0 saturated heterocycles. The predicted octanol–water partition coefficient (Wildman–Crippen LogP) is 3.81. The Hall–Kier alpha value is -1.92. The van der Waals surface area contributed by atoms with E-state index in [2.05, 4.69) is 29.5 Å². The molecule has 1 aliphatic carbocycles. The number of hydrogen-bond acceptors (Lipinski definition) is 5. The molecule has 0 aliphatic heterocycles. The topological polar surface area (TPSA) is 63.2 Å². The highest BCUT2D eigenvalue weighted by Crippen LogP contribution is 2.26. The molecule has 1 atom stereocenters. The average Bonchev–Trinajstić information content (AvgIpc) is 3.08. The summed E-state index contributed by atoms with van der Waals surface area (Å²) in [5, 5.41) is 7.65. The third kappa shape index (κ3) is 5.03. The number of aromatic nitrogens is 1. The van der Waals surface area contributed by atoms with E-state index >= 15 is 0 Å².